The minimum Gasteiger partial charge on any atom is -0.494 e. The molecule has 0 saturated heterocycles. The van der Waals surface area contributed by atoms with Gasteiger partial charge in [0.15, 0.2) is 0 Å². The van der Waals surface area contributed by atoms with Gasteiger partial charge in [-0.15, -0.1) is 0 Å². The van der Waals surface area contributed by atoms with Gasteiger partial charge in [-0.3, -0.25) is 4.68 Å². The molecular formula is C15H21N3O. The van der Waals surface area contributed by atoms with Gasteiger partial charge < -0.3 is 10.1 Å². The van der Waals surface area contributed by atoms with Crippen LogP contribution < -0.4 is 10.1 Å². The summed E-state index contributed by atoms with van der Waals surface area (Å²) >= 11 is 0. The molecule has 0 spiro atoms. The number of ether oxygens (including phenoxy) is 1. The van der Waals surface area contributed by atoms with Crippen LogP contribution in [0.4, 0.5) is 0 Å². The van der Waals surface area contributed by atoms with Crippen LogP contribution >= 0.6 is 0 Å². The summed E-state index contributed by atoms with van der Waals surface area (Å²) in [5.74, 6) is 0.927. The van der Waals surface area contributed by atoms with Crippen LogP contribution in [-0.4, -0.2) is 22.9 Å². The summed E-state index contributed by atoms with van der Waals surface area (Å²) in [6.07, 6.45) is 2.81. The zero-order chi connectivity index (χ0) is 13.3. The number of para-hydroxylation sites is 1. The molecule has 0 aliphatic rings. The molecule has 1 aromatic heterocycles. The monoisotopic (exact) mass is 259 g/mol. The predicted octanol–water partition coefficient (Wildman–Crippen LogP) is 2.46. The van der Waals surface area contributed by atoms with E-state index in [2.05, 4.69) is 23.4 Å². The van der Waals surface area contributed by atoms with Crippen molar-refractivity contribution in [3.05, 3.63) is 48.3 Å². The summed E-state index contributed by atoms with van der Waals surface area (Å²) in [5, 5.41) is 7.65. The van der Waals surface area contributed by atoms with Gasteiger partial charge in [0.1, 0.15) is 5.75 Å². The number of aryl methyl sites for hydroxylation is 1. The van der Waals surface area contributed by atoms with Crippen LogP contribution in [0.1, 0.15) is 19.0 Å². The van der Waals surface area contributed by atoms with Gasteiger partial charge in [0.2, 0.25) is 0 Å². The highest BCUT2D eigenvalue weighted by Gasteiger charge is 2.01. The number of nitrogens with one attached hydrogen (secondary N) is 1. The second-order valence-electron chi connectivity index (χ2n) is 4.34. The normalized spacial score (nSPS) is 10.6. The molecule has 0 atom stereocenters. The van der Waals surface area contributed by atoms with Crippen molar-refractivity contribution in [2.75, 3.05) is 13.2 Å². The lowest BCUT2D eigenvalue weighted by molar-refractivity contribution is 0.297. The third-order valence-corrected chi connectivity index (χ3v) is 2.89. The molecule has 4 heteroatoms. The Labute approximate surface area is 114 Å². The molecule has 102 valence electrons. The van der Waals surface area contributed by atoms with Crippen LogP contribution in [0.2, 0.25) is 0 Å². The van der Waals surface area contributed by atoms with Gasteiger partial charge in [-0.05, 0) is 24.7 Å². The third kappa shape index (κ3) is 4.41. The Bertz CT molecular complexity index is 467. The van der Waals surface area contributed by atoms with E-state index in [4.69, 9.17) is 4.74 Å². The maximum atomic E-state index is 5.67. The highest BCUT2D eigenvalue weighted by atomic mass is 16.5. The first-order valence-electron chi connectivity index (χ1n) is 6.79. The Morgan fingerprint density at radius 1 is 1.21 bits per heavy atom. The Kier molecular flexibility index (Phi) is 5.44. The van der Waals surface area contributed by atoms with E-state index in [1.807, 2.05) is 41.2 Å². The summed E-state index contributed by atoms with van der Waals surface area (Å²) in [5.41, 5.74) is 1.22. The SMILES string of the molecule is CCNCc1ccnn1CCCOc1ccccc1. The van der Waals surface area contributed by atoms with E-state index in [1.165, 1.54) is 5.69 Å². The van der Waals surface area contributed by atoms with Gasteiger partial charge in [0.05, 0.1) is 12.3 Å². The molecule has 1 N–H and O–H groups in total. The molecule has 1 heterocycles. The molecular weight excluding hydrogens is 238 g/mol. The zero-order valence-electron chi connectivity index (χ0n) is 11.4. The van der Waals surface area contributed by atoms with Crippen molar-refractivity contribution in [2.24, 2.45) is 0 Å². The van der Waals surface area contributed by atoms with E-state index < -0.39 is 0 Å². The van der Waals surface area contributed by atoms with Gasteiger partial charge in [-0.2, -0.15) is 5.10 Å². The summed E-state index contributed by atoms with van der Waals surface area (Å²) < 4.78 is 7.71. The van der Waals surface area contributed by atoms with Crippen LogP contribution in [0, 0.1) is 0 Å². The number of aromatic nitrogens is 2. The average molecular weight is 259 g/mol. The van der Waals surface area contributed by atoms with E-state index in [0.29, 0.717) is 6.61 Å². The number of hydrogen-bond acceptors (Lipinski definition) is 3. The largest absolute Gasteiger partial charge is 0.494 e. The second-order valence-corrected chi connectivity index (χ2v) is 4.34. The zero-order valence-corrected chi connectivity index (χ0v) is 11.4. The van der Waals surface area contributed by atoms with Crippen molar-refractivity contribution in [3.63, 3.8) is 0 Å². The Balaban J connectivity index is 1.72. The molecule has 0 amide bonds. The van der Waals surface area contributed by atoms with Gasteiger partial charge in [0.25, 0.3) is 0 Å². The third-order valence-electron chi connectivity index (χ3n) is 2.89. The molecule has 0 bridgehead atoms. The summed E-state index contributed by atoms with van der Waals surface area (Å²) in [6.45, 7) is 5.55. The van der Waals surface area contributed by atoms with E-state index in [1.54, 1.807) is 0 Å². The Morgan fingerprint density at radius 3 is 2.84 bits per heavy atom. The molecule has 0 saturated carbocycles. The topological polar surface area (TPSA) is 39.1 Å². The summed E-state index contributed by atoms with van der Waals surface area (Å²) in [4.78, 5) is 0. The maximum Gasteiger partial charge on any atom is 0.119 e. The predicted molar refractivity (Wildman–Crippen MR) is 76.2 cm³/mol. The standard InChI is InChI=1S/C15H21N3O/c1-2-16-13-14-9-10-17-18(14)11-6-12-19-15-7-4-3-5-8-15/h3-5,7-10,16H,2,6,11-13H2,1H3. The van der Waals surface area contributed by atoms with Crippen molar-refractivity contribution in [1.29, 1.82) is 0 Å². The fourth-order valence-electron chi connectivity index (χ4n) is 1.89. The molecule has 19 heavy (non-hydrogen) atoms. The number of benzene rings is 1. The van der Waals surface area contributed by atoms with Crippen molar-refractivity contribution < 1.29 is 4.74 Å². The lowest BCUT2D eigenvalue weighted by Crippen LogP contribution is -2.16. The first-order chi connectivity index (χ1) is 9.40. The lowest BCUT2D eigenvalue weighted by atomic mass is 10.3. The van der Waals surface area contributed by atoms with E-state index in [0.717, 1.165) is 31.8 Å². The fraction of sp³-hybridized carbons (Fsp3) is 0.400. The van der Waals surface area contributed by atoms with Crippen LogP contribution in [0.3, 0.4) is 0 Å². The Hall–Kier alpha value is -1.81. The molecule has 2 aromatic rings. The minimum absolute atomic E-state index is 0.713. The van der Waals surface area contributed by atoms with Crippen LogP contribution in [0.5, 0.6) is 5.75 Å². The van der Waals surface area contributed by atoms with Gasteiger partial charge in [0, 0.05) is 25.7 Å². The molecule has 4 nitrogen and oxygen atoms in total. The molecule has 0 aliphatic heterocycles. The van der Waals surface area contributed by atoms with Gasteiger partial charge >= 0.3 is 0 Å². The summed E-state index contributed by atoms with van der Waals surface area (Å²) in [7, 11) is 0. The van der Waals surface area contributed by atoms with Crippen LogP contribution in [0.15, 0.2) is 42.6 Å². The van der Waals surface area contributed by atoms with E-state index in [9.17, 15) is 0 Å². The van der Waals surface area contributed by atoms with Crippen molar-refractivity contribution in [3.8, 4) is 5.75 Å². The molecule has 0 radical (unpaired) electrons. The smallest absolute Gasteiger partial charge is 0.119 e. The number of rotatable bonds is 8. The number of nitrogens with zero attached hydrogens (tertiary/aromatic N) is 2. The molecule has 0 aliphatic carbocycles. The van der Waals surface area contributed by atoms with Crippen molar-refractivity contribution >= 4 is 0 Å². The molecule has 1 aromatic carbocycles. The first kappa shape index (κ1) is 13.6. The van der Waals surface area contributed by atoms with E-state index in [-0.39, 0.29) is 0 Å². The maximum absolute atomic E-state index is 5.67. The second kappa shape index (κ2) is 7.59. The lowest BCUT2D eigenvalue weighted by Gasteiger charge is -2.09. The highest BCUT2D eigenvalue weighted by molar-refractivity contribution is 5.20. The average Bonchev–Trinajstić information content (AvgIpc) is 2.90. The molecule has 2 rings (SSSR count). The van der Waals surface area contributed by atoms with Crippen LogP contribution in [0.25, 0.3) is 0 Å². The minimum atomic E-state index is 0.713. The van der Waals surface area contributed by atoms with Gasteiger partial charge in [-0.1, -0.05) is 25.1 Å². The quantitative estimate of drug-likeness (QED) is 0.740. The Morgan fingerprint density at radius 2 is 2.05 bits per heavy atom. The number of hydrogen-bond donors (Lipinski definition) is 1. The van der Waals surface area contributed by atoms with Gasteiger partial charge in [-0.25, -0.2) is 0 Å². The first-order valence-corrected chi connectivity index (χ1v) is 6.79. The molecule has 0 unspecified atom stereocenters. The van der Waals surface area contributed by atoms with Crippen molar-refractivity contribution in [2.45, 2.75) is 26.4 Å². The van der Waals surface area contributed by atoms with Crippen molar-refractivity contribution in [1.82, 2.24) is 15.1 Å². The summed E-state index contributed by atoms with van der Waals surface area (Å²) in [6, 6.07) is 12.0. The van der Waals surface area contributed by atoms with Crippen LogP contribution in [-0.2, 0) is 13.1 Å². The molecule has 0 fully saturated rings. The van der Waals surface area contributed by atoms with E-state index >= 15 is 0 Å². The highest BCUT2D eigenvalue weighted by Crippen LogP contribution is 2.08. The fourth-order valence-corrected chi connectivity index (χ4v) is 1.89.